The minimum Gasteiger partial charge on any atom is -0.394 e. The Morgan fingerprint density at radius 3 is 2.66 bits per heavy atom. The molecule has 0 bridgehead atoms. The van der Waals surface area contributed by atoms with E-state index in [1.807, 2.05) is 30.3 Å². The first kappa shape index (κ1) is 20.5. The Balaban J connectivity index is 1.52. The van der Waals surface area contributed by atoms with E-state index in [0.29, 0.717) is 35.0 Å². The van der Waals surface area contributed by atoms with Crippen LogP contribution in [0.2, 0.25) is 0 Å². The van der Waals surface area contributed by atoms with Crippen molar-refractivity contribution in [2.24, 2.45) is 0 Å². The zero-order chi connectivity index (χ0) is 22.2. The van der Waals surface area contributed by atoms with E-state index >= 15 is 0 Å². The third-order valence-electron chi connectivity index (χ3n) is 5.40. The van der Waals surface area contributed by atoms with Crippen molar-refractivity contribution in [3.05, 3.63) is 48.4 Å². The predicted molar refractivity (Wildman–Crippen MR) is 112 cm³/mol. The number of fused-ring (bicyclic) bond motifs is 1. The number of anilines is 1. The standard InChI is InChI=1S/C20H22N8O4/c1-21-18-14-19(28(10-22-14)20-16(31)15(30)13(9-29)32-20)24-17(23-18)12-8-27(26-25-12)7-11-5-3-2-4-6-11/h2-6,8,10,13,15-16,20,29-31H,7,9H2,1H3,(H,21,23,24). The first-order valence-electron chi connectivity index (χ1n) is 10.1. The highest BCUT2D eigenvalue weighted by Gasteiger charge is 2.44. The van der Waals surface area contributed by atoms with Crippen LogP contribution in [0, 0.1) is 0 Å². The highest BCUT2D eigenvalue weighted by atomic mass is 16.6. The smallest absolute Gasteiger partial charge is 0.185 e. The molecule has 1 aliphatic heterocycles. The number of aliphatic hydroxyl groups excluding tert-OH is 3. The number of aliphatic hydroxyl groups is 3. The molecule has 166 valence electrons. The van der Waals surface area contributed by atoms with Crippen LogP contribution in [0.25, 0.3) is 22.7 Å². The van der Waals surface area contributed by atoms with Gasteiger partial charge in [0.05, 0.1) is 25.7 Å². The van der Waals surface area contributed by atoms with Crippen molar-refractivity contribution in [3.63, 3.8) is 0 Å². The third-order valence-corrected chi connectivity index (χ3v) is 5.40. The van der Waals surface area contributed by atoms with Gasteiger partial charge in [0.1, 0.15) is 18.3 Å². The van der Waals surface area contributed by atoms with Gasteiger partial charge in [-0.05, 0) is 5.56 Å². The molecule has 1 saturated heterocycles. The minimum atomic E-state index is -1.26. The van der Waals surface area contributed by atoms with Crippen LogP contribution in [0.1, 0.15) is 11.8 Å². The lowest BCUT2D eigenvalue weighted by Gasteiger charge is -2.16. The Morgan fingerprint density at radius 1 is 1.12 bits per heavy atom. The van der Waals surface area contributed by atoms with Gasteiger partial charge in [-0.15, -0.1) is 5.10 Å². The number of benzene rings is 1. The zero-order valence-corrected chi connectivity index (χ0v) is 17.1. The summed E-state index contributed by atoms with van der Waals surface area (Å²) in [5, 5.41) is 41.3. The largest absolute Gasteiger partial charge is 0.394 e. The normalized spacial score (nSPS) is 23.1. The van der Waals surface area contributed by atoms with Crippen LogP contribution in [0.5, 0.6) is 0 Å². The molecule has 0 aliphatic carbocycles. The average molecular weight is 438 g/mol. The number of nitrogens with zero attached hydrogens (tertiary/aromatic N) is 7. The van der Waals surface area contributed by atoms with Crippen molar-refractivity contribution in [1.29, 1.82) is 0 Å². The van der Waals surface area contributed by atoms with Gasteiger partial charge in [0, 0.05) is 7.05 Å². The highest BCUT2D eigenvalue weighted by Crippen LogP contribution is 2.33. The molecule has 12 heteroatoms. The lowest BCUT2D eigenvalue weighted by molar-refractivity contribution is -0.0511. The Kier molecular flexibility index (Phi) is 5.27. The summed E-state index contributed by atoms with van der Waals surface area (Å²) in [4.78, 5) is 13.4. The first-order chi connectivity index (χ1) is 15.6. The number of hydrogen-bond acceptors (Lipinski definition) is 10. The van der Waals surface area contributed by atoms with E-state index in [4.69, 9.17) is 4.74 Å². The van der Waals surface area contributed by atoms with Gasteiger partial charge in [0.15, 0.2) is 34.7 Å². The molecule has 0 spiro atoms. The number of aromatic nitrogens is 7. The SMILES string of the molecule is CNc1nc(-c2cn(Cc3ccccc3)nn2)nc2c1ncn2C1OC(CO)C(O)C1O. The van der Waals surface area contributed by atoms with Crippen molar-refractivity contribution < 1.29 is 20.1 Å². The van der Waals surface area contributed by atoms with Gasteiger partial charge in [-0.25, -0.2) is 19.6 Å². The molecule has 32 heavy (non-hydrogen) atoms. The summed E-state index contributed by atoms with van der Waals surface area (Å²) in [5.41, 5.74) is 2.39. The molecule has 4 aromatic rings. The van der Waals surface area contributed by atoms with E-state index in [1.165, 1.54) is 10.9 Å². The van der Waals surface area contributed by atoms with Crippen LogP contribution in [-0.4, -0.2) is 81.8 Å². The van der Waals surface area contributed by atoms with Crippen LogP contribution in [0.15, 0.2) is 42.9 Å². The second-order valence-corrected chi connectivity index (χ2v) is 7.49. The number of ether oxygens (including phenoxy) is 1. The van der Waals surface area contributed by atoms with Gasteiger partial charge >= 0.3 is 0 Å². The molecule has 4 heterocycles. The second-order valence-electron chi connectivity index (χ2n) is 7.49. The van der Waals surface area contributed by atoms with E-state index in [9.17, 15) is 15.3 Å². The van der Waals surface area contributed by atoms with Crippen molar-refractivity contribution in [3.8, 4) is 11.5 Å². The zero-order valence-electron chi connectivity index (χ0n) is 17.1. The topological polar surface area (TPSA) is 156 Å². The Hall–Kier alpha value is -3.45. The maximum atomic E-state index is 10.4. The van der Waals surface area contributed by atoms with Gasteiger partial charge in [-0.2, -0.15) is 0 Å². The summed E-state index contributed by atoms with van der Waals surface area (Å²) >= 11 is 0. The Labute approximate surface area is 182 Å². The molecule has 3 aromatic heterocycles. The summed E-state index contributed by atoms with van der Waals surface area (Å²) in [7, 11) is 1.71. The maximum absolute atomic E-state index is 10.4. The summed E-state index contributed by atoms with van der Waals surface area (Å²) < 4.78 is 8.85. The van der Waals surface area contributed by atoms with E-state index in [0.717, 1.165) is 5.56 Å². The lowest BCUT2D eigenvalue weighted by Crippen LogP contribution is -2.33. The van der Waals surface area contributed by atoms with E-state index in [-0.39, 0.29) is 0 Å². The second kappa shape index (κ2) is 8.24. The van der Waals surface area contributed by atoms with E-state index in [2.05, 4.69) is 30.6 Å². The summed E-state index contributed by atoms with van der Waals surface area (Å²) in [5.74, 6) is 0.780. The Bertz CT molecular complexity index is 1230. The van der Waals surface area contributed by atoms with Crippen molar-refractivity contribution in [2.75, 3.05) is 19.0 Å². The van der Waals surface area contributed by atoms with Crippen LogP contribution in [0.4, 0.5) is 5.82 Å². The van der Waals surface area contributed by atoms with Crippen molar-refractivity contribution in [1.82, 2.24) is 34.5 Å². The molecule has 1 fully saturated rings. The molecule has 1 aliphatic rings. The molecule has 4 N–H and O–H groups in total. The van der Waals surface area contributed by atoms with Crippen LogP contribution >= 0.6 is 0 Å². The number of nitrogens with one attached hydrogen (secondary N) is 1. The number of hydrogen-bond donors (Lipinski definition) is 4. The van der Waals surface area contributed by atoms with E-state index < -0.39 is 31.1 Å². The first-order valence-corrected chi connectivity index (χ1v) is 10.1. The molecule has 4 atom stereocenters. The predicted octanol–water partition coefficient (Wildman–Crippen LogP) is -0.214. The van der Waals surface area contributed by atoms with Crippen LogP contribution in [0.3, 0.4) is 0 Å². The summed E-state index contributed by atoms with van der Waals surface area (Å²) in [6.45, 7) is 0.128. The van der Waals surface area contributed by atoms with Gasteiger partial charge < -0.3 is 25.4 Å². The number of imidazole rings is 1. The number of rotatable bonds is 6. The minimum absolute atomic E-state index is 0.314. The van der Waals surface area contributed by atoms with Crippen molar-refractivity contribution in [2.45, 2.75) is 31.1 Å². The quantitative estimate of drug-likeness (QED) is 0.317. The molecule has 12 nitrogen and oxygen atoms in total. The molecule has 4 unspecified atom stereocenters. The third kappa shape index (κ3) is 3.48. The molecule has 5 rings (SSSR count). The fourth-order valence-electron chi connectivity index (χ4n) is 3.75. The molecule has 0 radical (unpaired) electrons. The molecule has 0 saturated carbocycles. The molecular weight excluding hydrogens is 416 g/mol. The van der Waals surface area contributed by atoms with Crippen LogP contribution < -0.4 is 5.32 Å². The highest BCUT2D eigenvalue weighted by molar-refractivity contribution is 5.84. The maximum Gasteiger partial charge on any atom is 0.185 e. The van der Waals surface area contributed by atoms with Gasteiger partial charge in [-0.3, -0.25) is 4.57 Å². The molecular formula is C20H22N8O4. The lowest BCUT2D eigenvalue weighted by atomic mass is 10.1. The van der Waals surface area contributed by atoms with Gasteiger partial charge in [-0.1, -0.05) is 35.5 Å². The van der Waals surface area contributed by atoms with Gasteiger partial charge in [0.2, 0.25) is 0 Å². The molecule has 1 aromatic carbocycles. The van der Waals surface area contributed by atoms with Gasteiger partial charge in [0.25, 0.3) is 0 Å². The summed E-state index contributed by atoms with van der Waals surface area (Å²) in [6.07, 6.45) is -1.15. The fourth-order valence-corrected chi connectivity index (χ4v) is 3.75. The fraction of sp³-hybridized carbons (Fsp3) is 0.350. The molecule has 0 amide bonds. The van der Waals surface area contributed by atoms with Crippen LogP contribution in [-0.2, 0) is 11.3 Å². The monoisotopic (exact) mass is 438 g/mol. The average Bonchev–Trinajstić information content (AvgIpc) is 3.52. The Morgan fingerprint density at radius 2 is 1.94 bits per heavy atom. The van der Waals surface area contributed by atoms with E-state index in [1.54, 1.807) is 17.9 Å². The van der Waals surface area contributed by atoms with Crippen molar-refractivity contribution >= 4 is 17.0 Å². The summed E-state index contributed by atoms with van der Waals surface area (Å²) in [6, 6.07) is 9.88.